The molecule has 0 aromatic heterocycles. The number of aliphatic hydroxyl groups is 2. The summed E-state index contributed by atoms with van der Waals surface area (Å²) in [5.74, 6) is -0.748. The molecule has 0 radical (unpaired) electrons. The van der Waals surface area contributed by atoms with Crippen molar-refractivity contribution in [2.24, 2.45) is 5.84 Å². The second kappa shape index (κ2) is 37.2. The van der Waals surface area contributed by atoms with E-state index in [0.29, 0.717) is 19.3 Å². The molecule has 25 heteroatoms. The van der Waals surface area contributed by atoms with E-state index in [1.807, 2.05) is 0 Å². The summed E-state index contributed by atoms with van der Waals surface area (Å²) < 4.78 is 59.0. The minimum Gasteiger partial charge on any atom is -0.459 e. The smallest absolute Gasteiger partial charge is 0.338 e. The minimum atomic E-state index is -1.70. The van der Waals surface area contributed by atoms with E-state index in [1.165, 1.54) is 60.7 Å². The summed E-state index contributed by atoms with van der Waals surface area (Å²) in [6.07, 6.45) is -13.2. The zero-order chi connectivity index (χ0) is 67.3. The van der Waals surface area contributed by atoms with Gasteiger partial charge in [-0.05, 0) is 118 Å². The molecule has 6 aromatic rings. The molecule has 95 heavy (non-hydrogen) atoms. The SMILES string of the molecule is NNC(=O)[C@H](CCCCNC(=O)CCCCOC1OC(COC(=O)c2ccccc2)C(O)C(OC(=O)c2ccccc2)C1OC(=O)c1ccccc1)NC(=O)CCCCOC1OC(COC(=O)c2ccccc2)C(O)C(OC(=O)c2ccccc2)C1OC(=O)c1ccccc1. The molecule has 8 rings (SSSR count). The molecule has 0 aliphatic carbocycles. The molecule has 11 atom stereocenters. The van der Waals surface area contributed by atoms with Crippen molar-refractivity contribution in [1.82, 2.24) is 16.1 Å². The van der Waals surface area contributed by atoms with Crippen molar-refractivity contribution in [3.63, 3.8) is 0 Å². The van der Waals surface area contributed by atoms with Crippen molar-refractivity contribution in [3.05, 3.63) is 215 Å². The number of nitrogens with two attached hydrogens (primary N) is 1. The van der Waals surface area contributed by atoms with Gasteiger partial charge in [-0.15, -0.1) is 0 Å². The van der Waals surface area contributed by atoms with Gasteiger partial charge in [0, 0.05) is 32.6 Å². The fourth-order valence-electron chi connectivity index (χ4n) is 10.1. The molecule has 0 spiro atoms. The van der Waals surface area contributed by atoms with E-state index in [2.05, 4.69) is 16.1 Å². The third-order valence-electron chi connectivity index (χ3n) is 15.2. The Bertz CT molecular complexity index is 3430. The quantitative estimate of drug-likeness (QED) is 0.00696. The Morgan fingerprint density at radius 3 is 1.08 bits per heavy atom. The fraction of sp³-hybridized carbons (Fsp3) is 0.357. The molecular weight excluding hydrogens is 1230 g/mol. The number of hydrogen-bond donors (Lipinski definition) is 6. The number of amides is 3. The summed E-state index contributed by atoms with van der Waals surface area (Å²) in [5, 5.41) is 29.0. The molecule has 10 unspecified atom stereocenters. The highest BCUT2D eigenvalue weighted by atomic mass is 16.7. The Morgan fingerprint density at radius 2 is 0.737 bits per heavy atom. The predicted octanol–water partition coefficient (Wildman–Crippen LogP) is 5.91. The molecular formula is C70H76N4O21. The first-order valence-electron chi connectivity index (χ1n) is 31.1. The van der Waals surface area contributed by atoms with Gasteiger partial charge in [0.05, 0.1) is 33.4 Å². The lowest BCUT2D eigenvalue weighted by atomic mass is 9.98. The van der Waals surface area contributed by atoms with Crippen LogP contribution in [0.5, 0.6) is 0 Å². The standard InChI is InChI=1S/C70H76N4O21/c71-74-62(79)51(73-55(76)39-21-24-42-87-70-61(95-68(85)50-35-17-6-18-36-50)59(93-66(83)48-31-13-4-14-32-48)57(78)53(91-70)44-89-64(81)46-27-9-2-10-28-46)37-19-22-40-72-54(75)38-20-23-41-86-69-60(94-67(84)49-33-15-5-16-34-49)58(92-65(82)47-29-11-3-12-30-47)56(77)52(90-69)43-88-63(80)45-25-7-1-8-26-45/h1-18,25-36,51-53,56-61,69-70,77-78H,19-24,37-44,71H2,(H,72,75)(H,73,76)(H,74,79)/t51-,52?,53?,56?,57?,58?,59?,60?,61?,69?,70?/m0/s1. The third kappa shape index (κ3) is 21.7. The van der Waals surface area contributed by atoms with Gasteiger partial charge in [-0.2, -0.15) is 0 Å². The van der Waals surface area contributed by atoms with E-state index in [9.17, 15) is 53.4 Å². The maximum Gasteiger partial charge on any atom is 0.338 e. The van der Waals surface area contributed by atoms with Crippen LogP contribution in [0, 0.1) is 0 Å². The van der Waals surface area contributed by atoms with Crippen LogP contribution in [0.4, 0.5) is 0 Å². The van der Waals surface area contributed by atoms with Gasteiger partial charge >= 0.3 is 35.8 Å². The van der Waals surface area contributed by atoms with Crippen molar-refractivity contribution < 1.29 is 101 Å². The fourth-order valence-corrected chi connectivity index (χ4v) is 10.1. The average molecular weight is 1310 g/mol. The molecule has 2 aliphatic heterocycles. The monoisotopic (exact) mass is 1310 g/mol. The Morgan fingerprint density at radius 1 is 0.411 bits per heavy atom. The van der Waals surface area contributed by atoms with Crippen molar-refractivity contribution in [1.29, 1.82) is 0 Å². The van der Waals surface area contributed by atoms with Crippen LogP contribution < -0.4 is 21.9 Å². The molecule has 2 fully saturated rings. The zero-order valence-corrected chi connectivity index (χ0v) is 51.8. The van der Waals surface area contributed by atoms with Crippen molar-refractivity contribution in [2.75, 3.05) is 33.0 Å². The minimum absolute atomic E-state index is 0.0585. The number of carbonyl (C=O) groups excluding carboxylic acids is 9. The molecule has 6 aromatic carbocycles. The van der Waals surface area contributed by atoms with Gasteiger partial charge in [0.2, 0.25) is 11.8 Å². The maximum absolute atomic E-state index is 13.6. The van der Waals surface area contributed by atoms with Crippen molar-refractivity contribution >= 4 is 53.5 Å². The van der Waals surface area contributed by atoms with E-state index in [4.69, 9.17) is 53.2 Å². The molecule has 25 nitrogen and oxygen atoms in total. The second-order valence-electron chi connectivity index (χ2n) is 22.1. The second-order valence-corrected chi connectivity index (χ2v) is 22.1. The number of aliphatic hydroxyl groups excluding tert-OH is 2. The molecule has 3 amide bonds. The number of nitrogens with one attached hydrogen (secondary N) is 3. The largest absolute Gasteiger partial charge is 0.459 e. The van der Waals surface area contributed by atoms with Gasteiger partial charge < -0.3 is 68.2 Å². The zero-order valence-electron chi connectivity index (χ0n) is 51.8. The average Bonchev–Trinajstić information content (AvgIpc) is 0.834. The van der Waals surface area contributed by atoms with Crippen LogP contribution in [-0.4, -0.2) is 164 Å². The molecule has 502 valence electrons. The van der Waals surface area contributed by atoms with Crippen LogP contribution in [0.15, 0.2) is 182 Å². The lowest BCUT2D eigenvalue weighted by Crippen LogP contribution is -2.62. The topological polar surface area (TPSA) is 348 Å². The molecule has 2 saturated heterocycles. The highest BCUT2D eigenvalue weighted by Gasteiger charge is 2.53. The van der Waals surface area contributed by atoms with Crippen LogP contribution in [0.3, 0.4) is 0 Å². The van der Waals surface area contributed by atoms with Crippen LogP contribution in [0.2, 0.25) is 0 Å². The summed E-state index contributed by atoms with van der Waals surface area (Å²) in [4.78, 5) is 119. The lowest BCUT2D eigenvalue weighted by Gasteiger charge is -2.43. The number of hydrazine groups is 1. The normalized spacial score (nSPS) is 20.9. The summed E-state index contributed by atoms with van der Waals surface area (Å²) >= 11 is 0. The summed E-state index contributed by atoms with van der Waals surface area (Å²) in [5.41, 5.74) is 3.10. The molecule has 0 saturated carbocycles. The van der Waals surface area contributed by atoms with E-state index >= 15 is 0 Å². The summed E-state index contributed by atoms with van der Waals surface area (Å²) in [6, 6.07) is 47.0. The Labute approximate surface area is 547 Å². The van der Waals surface area contributed by atoms with Gasteiger partial charge in [0.15, 0.2) is 37.0 Å². The number of hydrogen-bond acceptors (Lipinski definition) is 22. The molecule has 7 N–H and O–H groups in total. The predicted molar refractivity (Wildman–Crippen MR) is 336 cm³/mol. The van der Waals surface area contributed by atoms with Gasteiger partial charge in [-0.1, -0.05) is 109 Å². The Kier molecular flexibility index (Phi) is 27.9. The number of rotatable bonds is 33. The van der Waals surface area contributed by atoms with E-state index in [0.717, 1.165) is 0 Å². The number of carbonyl (C=O) groups is 9. The van der Waals surface area contributed by atoms with Crippen LogP contribution >= 0.6 is 0 Å². The highest BCUT2D eigenvalue weighted by Crippen LogP contribution is 2.32. The highest BCUT2D eigenvalue weighted by molar-refractivity contribution is 5.92. The van der Waals surface area contributed by atoms with Gasteiger partial charge in [-0.25, -0.2) is 34.6 Å². The number of esters is 6. The number of benzene rings is 6. The van der Waals surface area contributed by atoms with Crippen LogP contribution in [0.25, 0.3) is 0 Å². The third-order valence-corrected chi connectivity index (χ3v) is 15.2. The first-order chi connectivity index (χ1) is 46.2. The lowest BCUT2D eigenvalue weighted by molar-refractivity contribution is -0.299. The van der Waals surface area contributed by atoms with Crippen molar-refractivity contribution in [3.8, 4) is 0 Å². The Hall–Kier alpha value is -9.73. The van der Waals surface area contributed by atoms with Crippen molar-refractivity contribution in [2.45, 2.75) is 125 Å². The first kappa shape index (κ1) is 71.1. The molecule has 0 bridgehead atoms. The Balaban J connectivity index is 0.796. The number of ether oxygens (including phenoxy) is 10. The summed E-state index contributed by atoms with van der Waals surface area (Å²) in [6.45, 7) is -0.961. The van der Waals surface area contributed by atoms with Gasteiger partial charge in [-0.3, -0.25) is 19.8 Å². The first-order valence-corrected chi connectivity index (χ1v) is 31.1. The molecule has 2 aliphatic rings. The van der Waals surface area contributed by atoms with E-state index in [1.54, 1.807) is 121 Å². The van der Waals surface area contributed by atoms with E-state index in [-0.39, 0.29) is 97.6 Å². The van der Waals surface area contributed by atoms with Gasteiger partial charge in [0.25, 0.3) is 5.91 Å². The molecule has 2 heterocycles. The summed E-state index contributed by atoms with van der Waals surface area (Å²) in [7, 11) is 0. The number of unbranched alkanes of at least 4 members (excludes halogenated alkanes) is 3. The van der Waals surface area contributed by atoms with Crippen LogP contribution in [-0.2, 0) is 61.8 Å². The van der Waals surface area contributed by atoms with Gasteiger partial charge in [0.1, 0.15) is 43.7 Å². The van der Waals surface area contributed by atoms with E-state index < -0.39 is 128 Å². The van der Waals surface area contributed by atoms with Crippen LogP contribution in [0.1, 0.15) is 120 Å². The maximum atomic E-state index is 13.6.